The molecule has 0 radical (unpaired) electrons. The van der Waals surface area contributed by atoms with Gasteiger partial charge in [-0.2, -0.15) is 5.10 Å². The molecular weight excluding hydrogens is 538 g/mol. The lowest BCUT2D eigenvalue weighted by atomic mass is 9.93. The molecule has 6 rings (SSSR count). The van der Waals surface area contributed by atoms with Crippen LogP contribution in [0.15, 0.2) is 48.8 Å². The quantitative estimate of drug-likeness (QED) is 0.347. The van der Waals surface area contributed by atoms with Gasteiger partial charge in [0.15, 0.2) is 0 Å². The van der Waals surface area contributed by atoms with Crippen LogP contribution < -0.4 is 15.1 Å². The number of carboxylic acid groups (broad SMARTS) is 1. The third-order valence-electron chi connectivity index (χ3n) is 7.20. The van der Waals surface area contributed by atoms with Crippen molar-refractivity contribution in [3.63, 3.8) is 0 Å². The van der Waals surface area contributed by atoms with Crippen LogP contribution in [0.2, 0.25) is 0 Å². The Morgan fingerprint density at radius 1 is 1.12 bits per heavy atom. The fourth-order valence-electron chi connectivity index (χ4n) is 5.36. The highest BCUT2D eigenvalue weighted by atomic mass is 19.3. The molecule has 0 bridgehead atoms. The van der Waals surface area contributed by atoms with Crippen molar-refractivity contribution < 1.29 is 33.0 Å². The molecule has 2 aliphatic heterocycles. The molecule has 41 heavy (non-hydrogen) atoms. The van der Waals surface area contributed by atoms with Gasteiger partial charge in [0.1, 0.15) is 18.1 Å². The van der Waals surface area contributed by atoms with Crippen LogP contribution in [0.3, 0.4) is 0 Å². The summed E-state index contributed by atoms with van der Waals surface area (Å²) in [6.45, 7) is 1.00. The largest absolute Gasteiger partial charge is 0.465 e. The predicted octanol–water partition coefficient (Wildman–Crippen LogP) is 5.02. The number of benzene rings is 2. The Bertz CT molecular complexity index is 1720. The Labute approximate surface area is 231 Å². The Morgan fingerprint density at radius 2 is 1.95 bits per heavy atom. The number of hydrogen-bond acceptors (Lipinski definition) is 7. The molecule has 1 saturated heterocycles. The second-order valence-electron chi connectivity index (χ2n) is 9.79. The first-order chi connectivity index (χ1) is 19.7. The number of cyclic esters (lactones) is 1. The van der Waals surface area contributed by atoms with Crippen LogP contribution in [-0.4, -0.2) is 57.7 Å². The van der Waals surface area contributed by atoms with Gasteiger partial charge in [0.25, 0.3) is 12.3 Å². The normalized spacial score (nSPS) is 14.9. The standard InChI is InChI=1S/C28H24F2N6O5/c1-34-14-17(13-31-34)19-9-16-3-2-6-36(23(16)12-21(19)24(29)30)25-20-11-18(35-7-8-41-28(35)40)5-4-15(20)10-22(32-25)26(37)33-27(38)39/h4-5,9-14,24H,2-3,6-8H2,1H3,(H,33,37)(H,38,39). The average Bonchev–Trinajstić information content (AvgIpc) is 3.58. The van der Waals surface area contributed by atoms with E-state index in [1.807, 2.05) is 0 Å². The van der Waals surface area contributed by atoms with Gasteiger partial charge in [0.2, 0.25) is 0 Å². The number of amides is 3. The van der Waals surface area contributed by atoms with Gasteiger partial charge in [0, 0.05) is 47.7 Å². The van der Waals surface area contributed by atoms with Gasteiger partial charge in [-0.05, 0) is 59.7 Å². The highest BCUT2D eigenvalue weighted by Crippen LogP contribution is 2.43. The molecule has 0 spiro atoms. The fraction of sp³-hybridized carbons (Fsp3) is 0.250. The summed E-state index contributed by atoms with van der Waals surface area (Å²) in [5.41, 5.74) is 2.49. The Balaban J connectivity index is 1.54. The zero-order chi connectivity index (χ0) is 28.8. The summed E-state index contributed by atoms with van der Waals surface area (Å²) < 4.78 is 35.4. The number of aryl methyl sites for hydroxylation is 2. The molecule has 2 aromatic carbocycles. The molecule has 1 fully saturated rings. The van der Waals surface area contributed by atoms with Crippen LogP contribution in [0.1, 0.15) is 34.5 Å². The first-order valence-corrected chi connectivity index (χ1v) is 12.8. The molecule has 4 heterocycles. The number of halogens is 2. The minimum Gasteiger partial charge on any atom is -0.465 e. The van der Waals surface area contributed by atoms with Gasteiger partial charge in [-0.3, -0.25) is 19.7 Å². The van der Waals surface area contributed by atoms with Crippen LogP contribution in [-0.2, 0) is 18.2 Å². The molecule has 2 aromatic heterocycles. The van der Waals surface area contributed by atoms with Crippen molar-refractivity contribution in [1.82, 2.24) is 20.1 Å². The predicted molar refractivity (Wildman–Crippen MR) is 145 cm³/mol. The minimum absolute atomic E-state index is 0.156. The van der Waals surface area contributed by atoms with Crippen molar-refractivity contribution in [2.24, 2.45) is 7.05 Å². The number of hydrogen-bond donors (Lipinski definition) is 2. The molecule has 13 heteroatoms. The van der Waals surface area contributed by atoms with Crippen molar-refractivity contribution in [2.75, 3.05) is 29.5 Å². The zero-order valence-corrected chi connectivity index (χ0v) is 21.8. The summed E-state index contributed by atoms with van der Waals surface area (Å²) in [6.07, 6.45) is -0.287. The van der Waals surface area contributed by atoms with Crippen molar-refractivity contribution in [3.05, 3.63) is 65.6 Å². The average molecular weight is 563 g/mol. The summed E-state index contributed by atoms with van der Waals surface area (Å²) in [5, 5.41) is 16.1. The number of pyridine rings is 1. The Hall–Kier alpha value is -5.07. The number of aromatic nitrogens is 3. The van der Waals surface area contributed by atoms with Crippen LogP contribution in [0, 0.1) is 0 Å². The SMILES string of the molecule is Cn1cc(-c2cc3c(cc2C(F)F)N(c2nc(C(=O)NC(=O)O)cc4ccc(N5CCOC5=O)cc24)CCC3)cn1. The second kappa shape index (κ2) is 10.2. The summed E-state index contributed by atoms with van der Waals surface area (Å²) in [7, 11) is 1.71. The topological polar surface area (TPSA) is 130 Å². The number of imide groups is 1. The summed E-state index contributed by atoms with van der Waals surface area (Å²) >= 11 is 0. The third kappa shape index (κ3) is 4.79. The number of nitrogens with one attached hydrogen (secondary N) is 1. The van der Waals surface area contributed by atoms with E-state index in [9.17, 15) is 23.2 Å². The van der Waals surface area contributed by atoms with Crippen LogP contribution in [0.5, 0.6) is 0 Å². The minimum atomic E-state index is -2.77. The first kappa shape index (κ1) is 26.2. The van der Waals surface area contributed by atoms with E-state index in [2.05, 4.69) is 10.1 Å². The van der Waals surface area contributed by atoms with Crippen molar-refractivity contribution in [1.29, 1.82) is 0 Å². The van der Waals surface area contributed by atoms with E-state index in [1.54, 1.807) is 58.6 Å². The molecule has 11 nitrogen and oxygen atoms in total. The lowest BCUT2D eigenvalue weighted by Gasteiger charge is -2.33. The lowest BCUT2D eigenvalue weighted by Crippen LogP contribution is -2.31. The maximum absolute atomic E-state index is 14.4. The van der Waals surface area contributed by atoms with E-state index < -0.39 is 24.5 Å². The number of carbonyl (C=O) groups excluding carboxylic acids is 2. The molecule has 0 atom stereocenters. The van der Waals surface area contributed by atoms with Gasteiger partial charge in [-0.15, -0.1) is 0 Å². The van der Waals surface area contributed by atoms with Gasteiger partial charge in [-0.1, -0.05) is 6.07 Å². The molecule has 4 aromatic rings. The number of fused-ring (bicyclic) bond motifs is 2. The van der Waals surface area contributed by atoms with Gasteiger partial charge in [0.05, 0.1) is 12.7 Å². The van der Waals surface area contributed by atoms with E-state index in [1.165, 1.54) is 17.0 Å². The van der Waals surface area contributed by atoms with Crippen molar-refractivity contribution >= 4 is 46.1 Å². The number of ether oxygens (including phenoxy) is 1. The first-order valence-electron chi connectivity index (χ1n) is 12.8. The molecule has 0 aliphatic carbocycles. The number of alkyl halides is 2. The number of rotatable bonds is 5. The highest BCUT2D eigenvalue weighted by Gasteiger charge is 2.29. The van der Waals surface area contributed by atoms with Crippen LogP contribution in [0.4, 0.5) is 35.6 Å². The van der Waals surface area contributed by atoms with E-state index in [4.69, 9.17) is 9.84 Å². The van der Waals surface area contributed by atoms with Gasteiger partial charge in [-0.25, -0.2) is 23.4 Å². The Kier molecular flexibility index (Phi) is 6.48. The summed E-state index contributed by atoms with van der Waals surface area (Å²) in [6, 6.07) is 9.76. The molecule has 0 saturated carbocycles. The monoisotopic (exact) mass is 562 g/mol. The van der Waals surface area contributed by atoms with Gasteiger partial charge >= 0.3 is 12.2 Å². The molecular formula is C28H24F2N6O5. The molecule has 0 unspecified atom stereocenters. The summed E-state index contributed by atoms with van der Waals surface area (Å²) in [4.78, 5) is 43.9. The van der Waals surface area contributed by atoms with E-state index >= 15 is 0 Å². The zero-order valence-electron chi connectivity index (χ0n) is 21.8. The van der Waals surface area contributed by atoms with E-state index in [0.29, 0.717) is 59.2 Å². The molecule has 2 aliphatic rings. The maximum atomic E-state index is 14.4. The smallest absolute Gasteiger partial charge is 0.414 e. The number of carbonyl (C=O) groups is 3. The molecule has 2 N–H and O–H groups in total. The molecule has 210 valence electrons. The summed E-state index contributed by atoms with van der Waals surface area (Å²) in [5.74, 6) is -0.645. The third-order valence-corrected chi connectivity index (χ3v) is 7.20. The van der Waals surface area contributed by atoms with Crippen molar-refractivity contribution in [2.45, 2.75) is 19.3 Å². The Morgan fingerprint density at radius 3 is 2.63 bits per heavy atom. The lowest BCUT2D eigenvalue weighted by molar-refractivity contribution is 0.0943. The molecule has 3 amide bonds. The highest BCUT2D eigenvalue weighted by molar-refractivity contribution is 6.06. The number of anilines is 3. The van der Waals surface area contributed by atoms with Crippen LogP contribution >= 0.6 is 0 Å². The van der Waals surface area contributed by atoms with Gasteiger partial charge < -0.3 is 14.7 Å². The van der Waals surface area contributed by atoms with Crippen LogP contribution in [0.25, 0.3) is 21.9 Å². The number of nitrogens with zero attached hydrogens (tertiary/aromatic N) is 5. The van der Waals surface area contributed by atoms with E-state index in [0.717, 1.165) is 5.56 Å². The maximum Gasteiger partial charge on any atom is 0.414 e. The van der Waals surface area contributed by atoms with Crippen molar-refractivity contribution in [3.8, 4) is 11.1 Å². The second-order valence-corrected chi connectivity index (χ2v) is 9.79. The van der Waals surface area contributed by atoms with E-state index in [-0.39, 0.29) is 23.7 Å². The fourth-order valence-corrected chi connectivity index (χ4v) is 5.36.